The molecule has 5 aromatic heterocycles. The highest BCUT2D eigenvalue weighted by molar-refractivity contribution is 6.30. The van der Waals surface area contributed by atoms with E-state index >= 15 is 0 Å². The number of nitrogens with zero attached hydrogens (tertiary/aromatic N) is 6. The standard InChI is InChI=1S/C26H21ClN8O/c27-21-5-6-23(36)34(14-21)12-17-1-3-18(4-2-17)13-35-15-22-25(31-16-32-26(22)33-35)30-11-19-9-20-7-8-28-24(20)29-10-19/h1-10,14-16H,11-13H2,(H,28,29)(H,30,31,32,33). The first-order valence-corrected chi connectivity index (χ1v) is 11.8. The van der Waals surface area contributed by atoms with Gasteiger partial charge in [0.05, 0.1) is 23.5 Å². The van der Waals surface area contributed by atoms with Crippen LogP contribution in [-0.4, -0.2) is 34.3 Å². The summed E-state index contributed by atoms with van der Waals surface area (Å²) in [5.41, 5.74) is 4.57. The molecule has 0 amide bonds. The maximum Gasteiger partial charge on any atom is 0.250 e. The summed E-state index contributed by atoms with van der Waals surface area (Å²) in [6, 6.07) is 15.3. The number of halogens is 1. The molecule has 9 nitrogen and oxygen atoms in total. The van der Waals surface area contributed by atoms with Crippen LogP contribution in [0, 0.1) is 0 Å². The number of aromatic amines is 1. The van der Waals surface area contributed by atoms with Crippen LogP contribution in [0.5, 0.6) is 0 Å². The maximum absolute atomic E-state index is 12.0. The molecule has 0 aliphatic carbocycles. The Kier molecular flexibility index (Phi) is 5.67. The van der Waals surface area contributed by atoms with Gasteiger partial charge in [0.25, 0.3) is 5.56 Å². The second-order valence-corrected chi connectivity index (χ2v) is 8.97. The molecule has 178 valence electrons. The Balaban J connectivity index is 1.16. The van der Waals surface area contributed by atoms with Gasteiger partial charge >= 0.3 is 0 Å². The summed E-state index contributed by atoms with van der Waals surface area (Å²) in [5.74, 6) is 0.725. The van der Waals surface area contributed by atoms with Crippen molar-refractivity contribution in [3.63, 3.8) is 0 Å². The number of fused-ring (bicyclic) bond motifs is 2. The highest BCUT2D eigenvalue weighted by Crippen LogP contribution is 2.20. The topological polar surface area (TPSA) is 106 Å². The predicted molar refractivity (Wildman–Crippen MR) is 139 cm³/mol. The van der Waals surface area contributed by atoms with Crippen LogP contribution in [-0.2, 0) is 19.6 Å². The van der Waals surface area contributed by atoms with Crippen LogP contribution >= 0.6 is 11.6 Å². The van der Waals surface area contributed by atoms with Crippen molar-refractivity contribution >= 4 is 39.5 Å². The van der Waals surface area contributed by atoms with Crippen molar-refractivity contribution in [1.29, 1.82) is 0 Å². The third kappa shape index (κ3) is 4.56. The third-order valence-electron chi connectivity index (χ3n) is 5.95. The largest absolute Gasteiger partial charge is 0.365 e. The molecule has 0 spiro atoms. The quantitative estimate of drug-likeness (QED) is 0.342. The number of anilines is 1. The number of hydrogen-bond acceptors (Lipinski definition) is 6. The first-order valence-electron chi connectivity index (χ1n) is 11.4. The molecule has 1 aromatic carbocycles. The fourth-order valence-corrected chi connectivity index (χ4v) is 4.31. The Labute approximate surface area is 210 Å². The van der Waals surface area contributed by atoms with Crippen LogP contribution in [0.15, 0.2) is 84.4 Å². The van der Waals surface area contributed by atoms with Gasteiger partial charge in [-0.05, 0) is 34.9 Å². The first-order chi connectivity index (χ1) is 17.6. The summed E-state index contributed by atoms with van der Waals surface area (Å²) >= 11 is 6.02. The average Bonchev–Trinajstić information content (AvgIpc) is 3.52. The second kappa shape index (κ2) is 9.27. The zero-order chi connectivity index (χ0) is 24.5. The van der Waals surface area contributed by atoms with E-state index in [4.69, 9.17) is 11.6 Å². The Morgan fingerprint density at radius 1 is 0.917 bits per heavy atom. The lowest BCUT2D eigenvalue weighted by Crippen LogP contribution is -2.18. The summed E-state index contributed by atoms with van der Waals surface area (Å²) in [6.45, 7) is 1.63. The predicted octanol–water partition coefficient (Wildman–Crippen LogP) is 4.23. The van der Waals surface area contributed by atoms with Crippen molar-refractivity contribution in [2.45, 2.75) is 19.6 Å². The molecule has 0 aliphatic rings. The number of benzene rings is 1. The van der Waals surface area contributed by atoms with Gasteiger partial charge in [0.1, 0.15) is 17.8 Å². The second-order valence-electron chi connectivity index (χ2n) is 8.53. The summed E-state index contributed by atoms with van der Waals surface area (Å²) in [5, 5.41) is 10.5. The molecule has 36 heavy (non-hydrogen) atoms. The van der Waals surface area contributed by atoms with Gasteiger partial charge in [-0.3, -0.25) is 9.48 Å². The lowest BCUT2D eigenvalue weighted by atomic mass is 10.1. The van der Waals surface area contributed by atoms with Crippen molar-refractivity contribution < 1.29 is 0 Å². The van der Waals surface area contributed by atoms with Gasteiger partial charge in [-0.15, -0.1) is 0 Å². The number of hydrogen-bond donors (Lipinski definition) is 2. The number of aromatic nitrogens is 7. The lowest BCUT2D eigenvalue weighted by Gasteiger charge is -2.07. The van der Waals surface area contributed by atoms with E-state index in [-0.39, 0.29) is 5.56 Å². The first kappa shape index (κ1) is 22.0. The van der Waals surface area contributed by atoms with Crippen LogP contribution in [0.1, 0.15) is 16.7 Å². The fourth-order valence-electron chi connectivity index (χ4n) is 4.13. The lowest BCUT2D eigenvalue weighted by molar-refractivity contribution is 0.692. The van der Waals surface area contributed by atoms with Crippen molar-refractivity contribution in [2.24, 2.45) is 0 Å². The van der Waals surface area contributed by atoms with Gasteiger partial charge in [0.2, 0.25) is 0 Å². The van der Waals surface area contributed by atoms with Crippen LogP contribution in [0.25, 0.3) is 22.1 Å². The Hall–Kier alpha value is -4.50. The van der Waals surface area contributed by atoms with Crippen LogP contribution in [0.3, 0.4) is 0 Å². The molecule has 6 aromatic rings. The molecule has 5 heterocycles. The highest BCUT2D eigenvalue weighted by Gasteiger charge is 2.10. The normalized spacial score (nSPS) is 11.4. The minimum atomic E-state index is -0.0847. The van der Waals surface area contributed by atoms with Gasteiger partial charge in [0.15, 0.2) is 5.65 Å². The minimum absolute atomic E-state index is 0.0847. The molecule has 0 aliphatic heterocycles. The van der Waals surface area contributed by atoms with Gasteiger partial charge < -0.3 is 14.9 Å². The molecule has 0 saturated carbocycles. The van der Waals surface area contributed by atoms with E-state index < -0.39 is 0 Å². The van der Waals surface area contributed by atoms with Gasteiger partial charge in [-0.1, -0.05) is 35.9 Å². The zero-order valence-electron chi connectivity index (χ0n) is 19.1. The summed E-state index contributed by atoms with van der Waals surface area (Å²) in [4.78, 5) is 28.3. The van der Waals surface area contributed by atoms with Crippen LogP contribution in [0.4, 0.5) is 5.82 Å². The molecular formula is C26H21ClN8O. The zero-order valence-corrected chi connectivity index (χ0v) is 19.9. The summed E-state index contributed by atoms with van der Waals surface area (Å²) in [7, 11) is 0. The van der Waals surface area contributed by atoms with Gasteiger partial charge in [0, 0.05) is 42.8 Å². The van der Waals surface area contributed by atoms with Crippen molar-refractivity contribution in [3.05, 3.63) is 112 Å². The molecule has 0 unspecified atom stereocenters. The van der Waals surface area contributed by atoms with Crippen molar-refractivity contribution in [3.8, 4) is 0 Å². The minimum Gasteiger partial charge on any atom is -0.365 e. The number of pyridine rings is 2. The molecule has 2 N–H and O–H groups in total. The number of rotatable bonds is 7. The molecule has 0 radical (unpaired) electrons. The summed E-state index contributed by atoms with van der Waals surface area (Å²) in [6.07, 6.45) is 8.84. The van der Waals surface area contributed by atoms with E-state index in [0.29, 0.717) is 30.3 Å². The Morgan fingerprint density at radius 2 is 1.75 bits per heavy atom. The highest BCUT2D eigenvalue weighted by atomic mass is 35.5. The monoisotopic (exact) mass is 496 g/mol. The Bertz CT molecular complexity index is 1740. The third-order valence-corrected chi connectivity index (χ3v) is 6.17. The van der Waals surface area contributed by atoms with Crippen molar-refractivity contribution in [2.75, 3.05) is 5.32 Å². The number of nitrogens with one attached hydrogen (secondary N) is 2. The summed E-state index contributed by atoms with van der Waals surface area (Å²) < 4.78 is 3.45. The molecule has 0 saturated heterocycles. The van der Waals surface area contributed by atoms with E-state index in [2.05, 4.69) is 36.4 Å². The van der Waals surface area contributed by atoms with Crippen molar-refractivity contribution in [1.82, 2.24) is 34.3 Å². The molecule has 0 fully saturated rings. The van der Waals surface area contributed by atoms with E-state index in [0.717, 1.165) is 38.9 Å². The van der Waals surface area contributed by atoms with E-state index in [1.807, 2.05) is 53.6 Å². The Morgan fingerprint density at radius 3 is 2.61 bits per heavy atom. The molecule has 6 rings (SSSR count). The smallest absolute Gasteiger partial charge is 0.250 e. The number of H-pyrrole nitrogens is 1. The van der Waals surface area contributed by atoms with Gasteiger partial charge in [-0.2, -0.15) is 5.10 Å². The van der Waals surface area contributed by atoms with Crippen LogP contribution < -0.4 is 10.9 Å². The molecular weight excluding hydrogens is 476 g/mol. The van der Waals surface area contributed by atoms with E-state index in [1.54, 1.807) is 16.8 Å². The van der Waals surface area contributed by atoms with E-state index in [1.165, 1.54) is 12.4 Å². The van der Waals surface area contributed by atoms with Crippen LogP contribution in [0.2, 0.25) is 5.02 Å². The van der Waals surface area contributed by atoms with Gasteiger partial charge in [-0.25, -0.2) is 15.0 Å². The molecule has 10 heteroatoms. The fraction of sp³-hybridized carbons (Fsp3) is 0.115. The SMILES string of the molecule is O=c1ccc(Cl)cn1Cc1ccc(Cn2cc3c(NCc4cnc5[nH]ccc5c4)ncnc3n2)cc1. The maximum atomic E-state index is 12.0. The molecule has 0 atom stereocenters. The van der Waals surface area contributed by atoms with E-state index in [9.17, 15) is 4.79 Å². The molecule has 0 bridgehead atoms. The average molecular weight is 497 g/mol.